The van der Waals surface area contributed by atoms with E-state index >= 15 is 0 Å². The van der Waals surface area contributed by atoms with E-state index in [1.807, 2.05) is 12.6 Å². The number of hydrogen-bond acceptors (Lipinski definition) is 3. The summed E-state index contributed by atoms with van der Waals surface area (Å²) in [7, 11) is 2.00. The summed E-state index contributed by atoms with van der Waals surface area (Å²) >= 11 is 1.67. The number of thiazole rings is 1. The highest BCUT2D eigenvalue weighted by atomic mass is 32.1. The molecule has 1 aromatic heterocycles. The lowest BCUT2D eigenvalue weighted by molar-refractivity contribution is 0.513. The maximum atomic E-state index is 4.30. The largest absolute Gasteiger partial charge is 0.312 e. The number of hydrogen-bond donors (Lipinski definition) is 1. The average molecular weight is 184 g/mol. The van der Waals surface area contributed by atoms with Gasteiger partial charge in [0.05, 0.1) is 17.2 Å². The van der Waals surface area contributed by atoms with Gasteiger partial charge in [0.1, 0.15) is 0 Å². The third kappa shape index (κ3) is 2.57. The molecule has 1 rings (SSSR count). The minimum atomic E-state index is 0.455. The maximum Gasteiger partial charge on any atom is 0.0795 e. The molecular formula is C9H16N2S. The number of nitrogens with zero attached hydrogens (tertiary/aromatic N) is 1. The van der Waals surface area contributed by atoms with Crippen molar-refractivity contribution in [3.8, 4) is 0 Å². The summed E-state index contributed by atoms with van der Waals surface area (Å²) in [6.45, 7) is 2.22. The van der Waals surface area contributed by atoms with Crippen LogP contribution in [0.25, 0.3) is 0 Å². The van der Waals surface area contributed by atoms with E-state index in [0.717, 1.165) is 0 Å². The van der Waals surface area contributed by atoms with Crippen molar-refractivity contribution in [3.63, 3.8) is 0 Å². The van der Waals surface area contributed by atoms with Crippen LogP contribution in [-0.2, 0) is 0 Å². The molecule has 0 amide bonds. The van der Waals surface area contributed by atoms with Crippen molar-refractivity contribution < 1.29 is 0 Å². The van der Waals surface area contributed by atoms with Crippen LogP contribution in [0.15, 0.2) is 10.9 Å². The lowest BCUT2D eigenvalue weighted by Crippen LogP contribution is -2.16. The van der Waals surface area contributed by atoms with Crippen LogP contribution in [0.4, 0.5) is 0 Å². The molecule has 0 spiro atoms. The average Bonchev–Trinajstić information content (AvgIpc) is 2.59. The van der Waals surface area contributed by atoms with Crippen molar-refractivity contribution >= 4 is 11.3 Å². The first-order valence-corrected chi connectivity index (χ1v) is 5.38. The Labute approximate surface area is 78.0 Å². The maximum absolute atomic E-state index is 4.30. The molecule has 1 unspecified atom stereocenters. The molecule has 0 saturated carbocycles. The van der Waals surface area contributed by atoms with E-state index in [4.69, 9.17) is 0 Å². The van der Waals surface area contributed by atoms with E-state index in [1.54, 1.807) is 11.3 Å². The van der Waals surface area contributed by atoms with Crippen LogP contribution in [-0.4, -0.2) is 12.0 Å². The fourth-order valence-corrected chi connectivity index (χ4v) is 1.85. The zero-order chi connectivity index (χ0) is 8.81. The number of aromatic nitrogens is 1. The van der Waals surface area contributed by atoms with Gasteiger partial charge in [0.2, 0.25) is 0 Å². The molecule has 1 heterocycles. The van der Waals surface area contributed by atoms with E-state index in [1.165, 1.54) is 25.0 Å². The first-order valence-electron chi connectivity index (χ1n) is 4.43. The molecule has 0 aromatic carbocycles. The third-order valence-electron chi connectivity index (χ3n) is 2.00. The Balaban J connectivity index is 2.45. The van der Waals surface area contributed by atoms with Gasteiger partial charge in [-0.05, 0) is 13.5 Å². The first-order chi connectivity index (χ1) is 5.88. The third-order valence-corrected chi connectivity index (χ3v) is 2.61. The highest BCUT2D eigenvalue weighted by Gasteiger charge is 2.09. The van der Waals surface area contributed by atoms with Gasteiger partial charge < -0.3 is 5.32 Å². The monoisotopic (exact) mass is 184 g/mol. The van der Waals surface area contributed by atoms with E-state index in [2.05, 4.69) is 22.6 Å². The second-order valence-electron chi connectivity index (χ2n) is 2.90. The summed E-state index contributed by atoms with van der Waals surface area (Å²) in [5.74, 6) is 0. The van der Waals surface area contributed by atoms with E-state index in [9.17, 15) is 0 Å². The Hall–Kier alpha value is -0.410. The van der Waals surface area contributed by atoms with Crippen LogP contribution < -0.4 is 5.32 Å². The molecule has 1 atom stereocenters. The van der Waals surface area contributed by atoms with Gasteiger partial charge in [-0.15, -0.1) is 11.3 Å². The van der Waals surface area contributed by atoms with Gasteiger partial charge in [0.15, 0.2) is 0 Å². The van der Waals surface area contributed by atoms with E-state index in [0.29, 0.717) is 6.04 Å². The topological polar surface area (TPSA) is 24.9 Å². The fourth-order valence-electron chi connectivity index (χ4n) is 1.24. The van der Waals surface area contributed by atoms with Gasteiger partial charge in [-0.1, -0.05) is 19.8 Å². The SMILES string of the molecule is CCCCC(NC)c1cscn1. The zero-order valence-electron chi connectivity index (χ0n) is 7.71. The Kier molecular flexibility index (Phi) is 4.25. The fraction of sp³-hybridized carbons (Fsp3) is 0.667. The van der Waals surface area contributed by atoms with E-state index in [-0.39, 0.29) is 0 Å². The molecule has 0 aliphatic carbocycles. The van der Waals surface area contributed by atoms with Crippen molar-refractivity contribution in [1.29, 1.82) is 0 Å². The van der Waals surface area contributed by atoms with Gasteiger partial charge in [0.25, 0.3) is 0 Å². The summed E-state index contributed by atoms with van der Waals surface area (Å²) in [5.41, 5.74) is 3.09. The van der Waals surface area contributed by atoms with E-state index < -0.39 is 0 Å². The quantitative estimate of drug-likeness (QED) is 0.761. The Bertz CT molecular complexity index is 196. The molecule has 0 radical (unpaired) electrons. The normalized spacial score (nSPS) is 13.2. The van der Waals surface area contributed by atoms with Crippen LogP contribution in [0.2, 0.25) is 0 Å². The molecule has 0 bridgehead atoms. The van der Waals surface area contributed by atoms with Crippen LogP contribution in [0.1, 0.15) is 37.9 Å². The van der Waals surface area contributed by atoms with Gasteiger partial charge in [0, 0.05) is 5.38 Å². The molecule has 1 aromatic rings. The lowest BCUT2D eigenvalue weighted by atomic mass is 10.1. The van der Waals surface area contributed by atoms with Crippen molar-refractivity contribution in [2.45, 2.75) is 32.2 Å². The number of rotatable bonds is 5. The van der Waals surface area contributed by atoms with Gasteiger partial charge in [-0.2, -0.15) is 0 Å². The summed E-state index contributed by atoms with van der Waals surface area (Å²) in [4.78, 5) is 4.30. The van der Waals surface area contributed by atoms with Crippen molar-refractivity contribution in [2.24, 2.45) is 0 Å². The summed E-state index contributed by atoms with van der Waals surface area (Å²) < 4.78 is 0. The van der Waals surface area contributed by atoms with Crippen LogP contribution >= 0.6 is 11.3 Å². The molecule has 3 heteroatoms. The summed E-state index contributed by atoms with van der Waals surface area (Å²) in [6, 6.07) is 0.455. The highest BCUT2D eigenvalue weighted by molar-refractivity contribution is 7.07. The number of nitrogens with one attached hydrogen (secondary N) is 1. The van der Waals surface area contributed by atoms with Crippen molar-refractivity contribution in [1.82, 2.24) is 10.3 Å². The molecule has 1 N–H and O–H groups in total. The predicted molar refractivity (Wildman–Crippen MR) is 53.4 cm³/mol. The second-order valence-corrected chi connectivity index (χ2v) is 3.62. The van der Waals surface area contributed by atoms with Gasteiger partial charge in [-0.25, -0.2) is 4.98 Å². The van der Waals surface area contributed by atoms with Crippen LogP contribution in [0.3, 0.4) is 0 Å². The first kappa shape index (κ1) is 9.68. The molecule has 2 nitrogen and oxygen atoms in total. The zero-order valence-corrected chi connectivity index (χ0v) is 8.53. The highest BCUT2D eigenvalue weighted by Crippen LogP contribution is 2.18. The smallest absolute Gasteiger partial charge is 0.0795 e. The second kappa shape index (κ2) is 5.27. The molecular weight excluding hydrogens is 168 g/mol. The molecule has 0 fully saturated rings. The number of unbranched alkanes of at least 4 members (excludes halogenated alkanes) is 1. The Morgan fingerprint density at radius 2 is 2.50 bits per heavy atom. The molecule has 0 saturated heterocycles. The minimum Gasteiger partial charge on any atom is -0.312 e. The van der Waals surface area contributed by atoms with Crippen molar-refractivity contribution in [2.75, 3.05) is 7.05 Å². The minimum absolute atomic E-state index is 0.455. The molecule has 0 aliphatic rings. The lowest BCUT2D eigenvalue weighted by Gasteiger charge is -2.12. The van der Waals surface area contributed by atoms with Crippen molar-refractivity contribution in [3.05, 3.63) is 16.6 Å². The molecule has 12 heavy (non-hydrogen) atoms. The van der Waals surface area contributed by atoms with Gasteiger partial charge >= 0.3 is 0 Å². The standard InChI is InChI=1S/C9H16N2S/c1-3-4-5-8(10-2)9-6-12-7-11-9/h6-8,10H,3-5H2,1-2H3. The van der Waals surface area contributed by atoms with Gasteiger partial charge in [-0.3, -0.25) is 0 Å². The van der Waals surface area contributed by atoms with Crippen LogP contribution in [0, 0.1) is 0 Å². The molecule has 0 aliphatic heterocycles. The Morgan fingerprint density at radius 1 is 1.67 bits per heavy atom. The summed E-state index contributed by atoms with van der Waals surface area (Å²) in [5, 5.41) is 5.41. The summed E-state index contributed by atoms with van der Waals surface area (Å²) in [6.07, 6.45) is 3.71. The predicted octanol–water partition coefficient (Wildman–Crippen LogP) is 2.59. The Morgan fingerprint density at radius 3 is 3.00 bits per heavy atom. The van der Waals surface area contributed by atoms with Crippen LogP contribution in [0.5, 0.6) is 0 Å². The molecule has 68 valence electrons.